The van der Waals surface area contributed by atoms with E-state index in [2.05, 4.69) is 11.0 Å². The fourth-order valence-electron chi connectivity index (χ4n) is 2.36. The van der Waals surface area contributed by atoms with Gasteiger partial charge < -0.3 is 4.90 Å². The summed E-state index contributed by atoms with van der Waals surface area (Å²) in [5.41, 5.74) is 1.74. The maximum Gasteiger partial charge on any atom is 0.119 e. The molecule has 0 bridgehead atoms. The Morgan fingerprint density at radius 1 is 1.57 bits per heavy atom. The third-order valence-electron chi connectivity index (χ3n) is 3.27. The topological polar surface area (TPSA) is 27.0 Å². The van der Waals surface area contributed by atoms with Gasteiger partial charge in [-0.3, -0.25) is 0 Å². The number of allylic oxidation sites excluding steroid dienone is 2. The molecule has 0 aromatic carbocycles. The molecule has 3 atom stereocenters. The standard InChI is InChI=1S/C11H13FN2/c1-7-10(6-13)9-5-8(12)3-4-11(9)14(7)2/h3-4,8-9,11H,5H2,1-2H3. The number of nitriles is 1. The lowest BCUT2D eigenvalue weighted by molar-refractivity contribution is 0.257. The lowest BCUT2D eigenvalue weighted by Gasteiger charge is -2.28. The van der Waals surface area contributed by atoms with Gasteiger partial charge in [-0.15, -0.1) is 0 Å². The molecule has 3 heteroatoms. The number of rotatable bonds is 0. The van der Waals surface area contributed by atoms with Gasteiger partial charge in [-0.25, -0.2) is 4.39 Å². The first-order valence-corrected chi connectivity index (χ1v) is 4.81. The SMILES string of the molecule is CC1=C(C#N)C2CC(F)C=CC2N1C. The van der Waals surface area contributed by atoms with Crippen LogP contribution in [0.1, 0.15) is 13.3 Å². The van der Waals surface area contributed by atoms with Crippen LogP contribution < -0.4 is 0 Å². The van der Waals surface area contributed by atoms with Gasteiger partial charge in [0.2, 0.25) is 0 Å². The Morgan fingerprint density at radius 2 is 2.29 bits per heavy atom. The Bertz CT molecular complexity index is 351. The molecule has 3 unspecified atom stereocenters. The van der Waals surface area contributed by atoms with Gasteiger partial charge in [-0.05, 0) is 13.3 Å². The molecule has 1 aliphatic carbocycles. The molecule has 2 rings (SSSR count). The minimum Gasteiger partial charge on any atom is -0.370 e. The Kier molecular flexibility index (Phi) is 2.07. The van der Waals surface area contributed by atoms with Crippen LogP contribution in [0.15, 0.2) is 23.4 Å². The molecule has 0 N–H and O–H groups in total. The summed E-state index contributed by atoms with van der Waals surface area (Å²) in [7, 11) is 1.96. The highest BCUT2D eigenvalue weighted by molar-refractivity contribution is 5.38. The third kappa shape index (κ3) is 1.14. The molecule has 0 aromatic rings. The molecule has 1 heterocycles. The van der Waals surface area contributed by atoms with E-state index in [0.29, 0.717) is 6.42 Å². The van der Waals surface area contributed by atoms with E-state index >= 15 is 0 Å². The van der Waals surface area contributed by atoms with Gasteiger partial charge in [0, 0.05) is 18.7 Å². The van der Waals surface area contributed by atoms with E-state index in [4.69, 9.17) is 5.26 Å². The number of alkyl halides is 1. The first kappa shape index (κ1) is 9.26. The van der Waals surface area contributed by atoms with Crippen molar-refractivity contribution in [1.29, 1.82) is 5.26 Å². The molecule has 74 valence electrons. The van der Waals surface area contributed by atoms with Crippen molar-refractivity contribution in [2.24, 2.45) is 5.92 Å². The van der Waals surface area contributed by atoms with Crippen molar-refractivity contribution < 1.29 is 4.39 Å². The van der Waals surface area contributed by atoms with Crippen LogP contribution in [0.4, 0.5) is 4.39 Å². The average Bonchev–Trinajstić information content (AvgIpc) is 2.39. The van der Waals surface area contributed by atoms with Gasteiger partial charge in [0.15, 0.2) is 0 Å². The lowest BCUT2D eigenvalue weighted by Crippen LogP contribution is -2.32. The Labute approximate surface area is 83.3 Å². The van der Waals surface area contributed by atoms with Crippen molar-refractivity contribution in [3.63, 3.8) is 0 Å². The van der Waals surface area contributed by atoms with Crippen LogP contribution in [-0.2, 0) is 0 Å². The summed E-state index contributed by atoms with van der Waals surface area (Å²) in [6, 6.07) is 2.39. The quantitative estimate of drug-likeness (QED) is 0.549. The zero-order valence-electron chi connectivity index (χ0n) is 8.37. The largest absolute Gasteiger partial charge is 0.370 e. The third-order valence-corrected chi connectivity index (χ3v) is 3.27. The van der Waals surface area contributed by atoms with Gasteiger partial charge in [0.25, 0.3) is 0 Å². The van der Waals surface area contributed by atoms with E-state index in [1.165, 1.54) is 0 Å². The lowest BCUT2D eigenvalue weighted by atomic mass is 9.85. The highest BCUT2D eigenvalue weighted by Crippen LogP contribution is 2.39. The molecule has 2 nitrogen and oxygen atoms in total. The van der Waals surface area contributed by atoms with Gasteiger partial charge in [0.05, 0.1) is 17.7 Å². The molecule has 1 aliphatic heterocycles. The zero-order chi connectivity index (χ0) is 10.3. The molecular weight excluding hydrogens is 179 g/mol. The van der Waals surface area contributed by atoms with E-state index in [9.17, 15) is 4.39 Å². The zero-order valence-corrected chi connectivity index (χ0v) is 8.37. The van der Waals surface area contributed by atoms with Crippen LogP contribution >= 0.6 is 0 Å². The molecule has 0 aromatic heterocycles. The number of likely N-dealkylation sites (N-methyl/N-ethyl adjacent to an activating group) is 1. The van der Waals surface area contributed by atoms with Crippen LogP contribution in [0.3, 0.4) is 0 Å². The molecule has 0 fully saturated rings. The van der Waals surface area contributed by atoms with Crippen molar-refractivity contribution >= 4 is 0 Å². The van der Waals surface area contributed by atoms with E-state index < -0.39 is 6.17 Å². The summed E-state index contributed by atoms with van der Waals surface area (Å²) in [4.78, 5) is 2.06. The molecule has 0 saturated carbocycles. The van der Waals surface area contributed by atoms with E-state index in [1.54, 1.807) is 6.08 Å². The minimum atomic E-state index is -0.890. The molecule has 0 amide bonds. The Morgan fingerprint density at radius 3 is 2.93 bits per heavy atom. The highest BCUT2D eigenvalue weighted by atomic mass is 19.1. The number of halogens is 1. The van der Waals surface area contributed by atoms with Gasteiger partial charge in [-0.1, -0.05) is 12.2 Å². The monoisotopic (exact) mass is 192 g/mol. The molecule has 0 saturated heterocycles. The molecule has 14 heavy (non-hydrogen) atoms. The fourth-order valence-corrected chi connectivity index (χ4v) is 2.36. The van der Waals surface area contributed by atoms with Crippen molar-refractivity contribution in [3.05, 3.63) is 23.4 Å². The van der Waals surface area contributed by atoms with Crippen molar-refractivity contribution in [2.45, 2.75) is 25.6 Å². The van der Waals surface area contributed by atoms with Crippen LogP contribution in [0.2, 0.25) is 0 Å². The second-order valence-electron chi connectivity index (χ2n) is 3.96. The van der Waals surface area contributed by atoms with Crippen molar-refractivity contribution in [3.8, 4) is 6.07 Å². The van der Waals surface area contributed by atoms with E-state index in [1.807, 2.05) is 20.0 Å². The van der Waals surface area contributed by atoms with Gasteiger partial charge in [-0.2, -0.15) is 5.26 Å². The summed E-state index contributed by atoms with van der Waals surface area (Å²) in [6.07, 6.45) is 3.04. The summed E-state index contributed by atoms with van der Waals surface area (Å²) < 4.78 is 13.1. The maximum atomic E-state index is 13.1. The smallest absolute Gasteiger partial charge is 0.119 e. The number of nitrogens with zero attached hydrogens (tertiary/aromatic N) is 2. The first-order valence-electron chi connectivity index (χ1n) is 4.81. The van der Waals surface area contributed by atoms with E-state index in [0.717, 1.165) is 11.3 Å². The van der Waals surface area contributed by atoms with Crippen LogP contribution in [0.5, 0.6) is 0 Å². The number of hydrogen-bond donors (Lipinski definition) is 0. The molecule has 0 spiro atoms. The average molecular weight is 192 g/mol. The predicted molar refractivity (Wildman–Crippen MR) is 52.0 cm³/mol. The Balaban J connectivity index is 2.37. The van der Waals surface area contributed by atoms with Gasteiger partial charge in [0.1, 0.15) is 6.17 Å². The molecule has 0 radical (unpaired) electrons. The number of hydrogen-bond acceptors (Lipinski definition) is 2. The van der Waals surface area contributed by atoms with Crippen molar-refractivity contribution in [1.82, 2.24) is 4.90 Å². The first-order chi connectivity index (χ1) is 6.65. The fraction of sp³-hybridized carbons (Fsp3) is 0.545. The number of fused-ring (bicyclic) bond motifs is 1. The second-order valence-corrected chi connectivity index (χ2v) is 3.96. The van der Waals surface area contributed by atoms with Crippen LogP contribution in [0.25, 0.3) is 0 Å². The summed E-state index contributed by atoms with van der Waals surface area (Å²) in [5, 5.41) is 9.00. The molecular formula is C11H13FN2. The Hall–Kier alpha value is -1.30. The summed E-state index contributed by atoms with van der Waals surface area (Å²) in [5.74, 6) is 0.0602. The second kappa shape index (κ2) is 3.13. The normalized spacial score (nSPS) is 35.9. The van der Waals surface area contributed by atoms with E-state index in [-0.39, 0.29) is 12.0 Å². The minimum absolute atomic E-state index is 0.0602. The summed E-state index contributed by atoms with van der Waals surface area (Å²) >= 11 is 0. The van der Waals surface area contributed by atoms with Crippen LogP contribution in [0, 0.1) is 17.2 Å². The molecule has 2 aliphatic rings. The van der Waals surface area contributed by atoms with Crippen LogP contribution in [-0.4, -0.2) is 24.2 Å². The van der Waals surface area contributed by atoms with Gasteiger partial charge >= 0.3 is 0 Å². The predicted octanol–water partition coefficient (Wildman–Crippen LogP) is 2.01. The maximum absolute atomic E-state index is 13.1. The van der Waals surface area contributed by atoms with Crippen molar-refractivity contribution in [2.75, 3.05) is 7.05 Å². The highest BCUT2D eigenvalue weighted by Gasteiger charge is 2.38. The summed E-state index contributed by atoms with van der Waals surface area (Å²) in [6.45, 7) is 1.93.